The summed E-state index contributed by atoms with van der Waals surface area (Å²) in [6.45, 7) is 4.80. The molecule has 0 aliphatic carbocycles. The van der Waals surface area contributed by atoms with E-state index in [1.54, 1.807) is 21.3 Å². The second kappa shape index (κ2) is 11.5. The molecule has 1 fully saturated rings. The Balaban J connectivity index is 1.92. The highest BCUT2D eigenvalue weighted by Gasteiger charge is 2.26. The molecule has 0 radical (unpaired) electrons. The Bertz CT molecular complexity index is 917. The summed E-state index contributed by atoms with van der Waals surface area (Å²) < 4.78 is 22.7. The minimum Gasteiger partial charge on any atom is -0.493 e. The summed E-state index contributed by atoms with van der Waals surface area (Å²) in [4.78, 5) is 15.3. The van der Waals surface area contributed by atoms with E-state index in [9.17, 15) is 4.79 Å². The standard InChI is InChI=1S/C24H29NO5S2/c1-16-5-7-17(8-6-16)19(26)15-22(32-24(31)25-9-11-30-12-10-25)18-13-20(27-2)23(29-4)21(14-18)28-3/h5-8,13-14,22H,9-12,15H2,1-4H3. The molecule has 172 valence electrons. The molecule has 0 N–H and O–H groups in total. The van der Waals surface area contributed by atoms with Crippen molar-refractivity contribution in [1.29, 1.82) is 0 Å². The predicted octanol–water partition coefficient (Wildman–Crippen LogP) is 4.69. The van der Waals surface area contributed by atoms with Gasteiger partial charge >= 0.3 is 0 Å². The maximum absolute atomic E-state index is 13.2. The molecule has 32 heavy (non-hydrogen) atoms. The van der Waals surface area contributed by atoms with Crippen LogP contribution in [0.2, 0.25) is 0 Å². The van der Waals surface area contributed by atoms with Gasteiger partial charge in [-0.15, -0.1) is 0 Å². The van der Waals surface area contributed by atoms with Crippen molar-refractivity contribution >= 4 is 34.1 Å². The van der Waals surface area contributed by atoms with Crippen molar-refractivity contribution in [2.45, 2.75) is 18.6 Å². The molecule has 2 aromatic rings. The quantitative estimate of drug-likeness (QED) is 0.403. The van der Waals surface area contributed by atoms with E-state index in [0.717, 1.165) is 28.5 Å². The van der Waals surface area contributed by atoms with E-state index in [1.807, 2.05) is 43.3 Å². The van der Waals surface area contributed by atoms with Gasteiger partial charge in [0.1, 0.15) is 4.32 Å². The number of hydrogen-bond donors (Lipinski definition) is 0. The van der Waals surface area contributed by atoms with E-state index >= 15 is 0 Å². The van der Waals surface area contributed by atoms with Crippen LogP contribution in [0.15, 0.2) is 36.4 Å². The molecule has 3 rings (SSSR count). The lowest BCUT2D eigenvalue weighted by molar-refractivity contribution is 0.0702. The summed E-state index contributed by atoms with van der Waals surface area (Å²) in [6, 6.07) is 11.4. The third-order valence-corrected chi connectivity index (χ3v) is 7.05. The van der Waals surface area contributed by atoms with Crippen LogP contribution in [-0.2, 0) is 4.74 Å². The smallest absolute Gasteiger partial charge is 0.203 e. The van der Waals surface area contributed by atoms with Gasteiger partial charge in [-0.1, -0.05) is 53.8 Å². The Labute approximate surface area is 199 Å². The van der Waals surface area contributed by atoms with Gasteiger partial charge in [0, 0.05) is 30.3 Å². The van der Waals surface area contributed by atoms with Crippen LogP contribution < -0.4 is 14.2 Å². The van der Waals surface area contributed by atoms with Crippen molar-refractivity contribution < 1.29 is 23.7 Å². The highest BCUT2D eigenvalue weighted by atomic mass is 32.2. The largest absolute Gasteiger partial charge is 0.493 e. The number of carbonyl (C=O) groups is 1. The molecule has 0 saturated carbocycles. The molecular formula is C24H29NO5S2. The Hall–Kier alpha value is -2.29. The van der Waals surface area contributed by atoms with Crippen LogP contribution in [0.3, 0.4) is 0 Å². The topological polar surface area (TPSA) is 57.2 Å². The first-order valence-corrected chi connectivity index (χ1v) is 11.7. The van der Waals surface area contributed by atoms with Gasteiger partial charge in [0.15, 0.2) is 17.3 Å². The lowest BCUT2D eigenvalue weighted by Crippen LogP contribution is -2.38. The number of nitrogens with zero attached hydrogens (tertiary/aromatic N) is 1. The molecule has 6 nitrogen and oxygen atoms in total. The first-order valence-electron chi connectivity index (χ1n) is 10.4. The average Bonchev–Trinajstić information content (AvgIpc) is 2.83. The number of benzene rings is 2. The van der Waals surface area contributed by atoms with E-state index in [2.05, 4.69) is 4.90 Å². The van der Waals surface area contributed by atoms with E-state index in [0.29, 0.717) is 36.0 Å². The highest BCUT2D eigenvalue weighted by molar-refractivity contribution is 8.23. The van der Waals surface area contributed by atoms with Crippen molar-refractivity contribution in [3.05, 3.63) is 53.1 Å². The van der Waals surface area contributed by atoms with E-state index < -0.39 is 0 Å². The van der Waals surface area contributed by atoms with Crippen molar-refractivity contribution in [3.8, 4) is 17.2 Å². The van der Waals surface area contributed by atoms with E-state index in [4.69, 9.17) is 31.2 Å². The lowest BCUT2D eigenvalue weighted by atomic mass is 10.0. The zero-order valence-electron chi connectivity index (χ0n) is 18.9. The summed E-state index contributed by atoms with van der Waals surface area (Å²) >= 11 is 7.25. The zero-order valence-corrected chi connectivity index (χ0v) is 20.5. The van der Waals surface area contributed by atoms with Gasteiger partial charge in [0.25, 0.3) is 0 Å². The van der Waals surface area contributed by atoms with Crippen LogP contribution in [0.5, 0.6) is 17.2 Å². The molecule has 1 aliphatic rings. The minimum atomic E-state index is -0.215. The first-order chi connectivity index (χ1) is 15.5. The predicted molar refractivity (Wildman–Crippen MR) is 132 cm³/mol. The van der Waals surface area contributed by atoms with Gasteiger partial charge in [0.05, 0.1) is 34.5 Å². The van der Waals surface area contributed by atoms with Crippen molar-refractivity contribution in [2.24, 2.45) is 0 Å². The third kappa shape index (κ3) is 5.94. The summed E-state index contributed by atoms with van der Waals surface area (Å²) in [5.74, 6) is 1.67. The fourth-order valence-electron chi connectivity index (χ4n) is 3.48. The van der Waals surface area contributed by atoms with Gasteiger partial charge in [0.2, 0.25) is 5.75 Å². The minimum absolute atomic E-state index is 0.0565. The molecule has 1 unspecified atom stereocenters. The van der Waals surface area contributed by atoms with Crippen LogP contribution in [0, 0.1) is 6.92 Å². The molecule has 0 spiro atoms. The maximum atomic E-state index is 13.2. The number of Topliss-reactive ketones (excluding diaryl/α,β-unsaturated/α-hetero) is 1. The Morgan fingerprint density at radius 1 is 1.06 bits per heavy atom. The molecule has 1 heterocycles. The summed E-state index contributed by atoms with van der Waals surface area (Å²) in [7, 11) is 4.73. The van der Waals surface area contributed by atoms with Crippen LogP contribution in [0.25, 0.3) is 0 Å². The number of thiocarbonyl (C=S) groups is 1. The summed E-state index contributed by atoms with van der Waals surface area (Å²) in [5, 5.41) is -0.215. The van der Waals surface area contributed by atoms with E-state index in [-0.39, 0.29) is 17.5 Å². The number of morpholine rings is 1. The number of ketones is 1. The number of methoxy groups -OCH3 is 3. The second-order valence-corrected chi connectivity index (χ2v) is 9.26. The average molecular weight is 476 g/mol. The summed E-state index contributed by atoms with van der Waals surface area (Å²) in [5.41, 5.74) is 2.69. The Kier molecular flexibility index (Phi) is 8.78. The lowest BCUT2D eigenvalue weighted by Gasteiger charge is -2.30. The van der Waals surface area contributed by atoms with E-state index in [1.165, 1.54) is 11.8 Å². The molecule has 0 amide bonds. The molecule has 8 heteroatoms. The van der Waals surface area contributed by atoms with Crippen LogP contribution >= 0.6 is 24.0 Å². The number of rotatable bonds is 8. The Morgan fingerprint density at radius 2 is 1.66 bits per heavy atom. The molecule has 2 aromatic carbocycles. The van der Waals surface area contributed by atoms with Crippen LogP contribution in [0.4, 0.5) is 0 Å². The zero-order chi connectivity index (χ0) is 23.1. The molecule has 1 aliphatic heterocycles. The number of carbonyl (C=O) groups excluding carboxylic acids is 1. The number of ether oxygens (including phenoxy) is 4. The van der Waals surface area contributed by atoms with Crippen molar-refractivity contribution in [3.63, 3.8) is 0 Å². The molecule has 1 saturated heterocycles. The van der Waals surface area contributed by atoms with Crippen molar-refractivity contribution in [1.82, 2.24) is 4.90 Å². The number of aryl methyl sites for hydroxylation is 1. The molecule has 0 bridgehead atoms. The fourth-order valence-corrected chi connectivity index (χ4v) is 5.10. The van der Waals surface area contributed by atoms with Gasteiger partial charge in [-0.2, -0.15) is 0 Å². The maximum Gasteiger partial charge on any atom is 0.203 e. The Morgan fingerprint density at radius 3 is 2.19 bits per heavy atom. The van der Waals surface area contributed by atoms with Crippen LogP contribution in [-0.4, -0.2) is 62.6 Å². The third-order valence-electron chi connectivity index (χ3n) is 5.32. The van der Waals surface area contributed by atoms with Crippen LogP contribution in [0.1, 0.15) is 33.2 Å². The SMILES string of the molecule is COc1cc(C(CC(=O)c2ccc(C)cc2)SC(=S)N2CCOCC2)cc(OC)c1OC. The molecule has 0 aromatic heterocycles. The molecule has 1 atom stereocenters. The van der Waals surface area contributed by atoms with Gasteiger partial charge in [-0.3, -0.25) is 4.79 Å². The first kappa shape index (κ1) is 24.4. The van der Waals surface area contributed by atoms with Gasteiger partial charge in [-0.25, -0.2) is 0 Å². The summed E-state index contributed by atoms with van der Waals surface area (Å²) in [6.07, 6.45) is 0.289. The normalized spacial score (nSPS) is 14.6. The molecular weight excluding hydrogens is 446 g/mol. The number of thioether (sulfide) groups is 1. The fraction of sp³-hybridized carbons (Fsp3) is 0.417. The van der Waals surface area contributed by atoms with Gasteiger partial charge < -0.3 is 23.8 Å². The van der Waals surface area contributed by atoms with Gasteiger partial charge in [-0.05, 0) is 24.6 Å². The second-order valence-electron chi connectivity index (χ2n) is 7.42. The number of hydrogen-bond acceptors (Lipinski definition) is 7. The van der Waals surface area contributed by atoms with Crippen molar-refractivity contribution in [2.75, 3.05) is 47.6 Å². The monoisotopic (exact) mass is 475 g/mol. The highest BCUT2D eigenvalue weighted by Crippen LogP contribution is 2.44.